The molecule has 3 aromatic rings. The number of aromatic nitrogens is 2. The molecule has 0 aliphatic carbocycles. The minimum Gasteiger partial charge on any atom is -0.349 e. The normalized spacial score (nSPS) is 16.6. The number of aryl methyl sites for hydroxylation is 1. The van der Waals surface area contributed by atoms with Crippen LogP contribution in [0.25, 0.3) is 0 Å². The fraction of sp³-hybridized carbons (Fsp3) is 0.304. The molecular weight excluding hydrogens is 375 g/mol. The lowest BCUT2D eigenvalue weighted by Gasteiger charge is -2.37. The minimum absolute atomic E-state index is 0.0141. The van der Waals surface area contributed by atoms with E-state index in [0.717, 1.165) is 36.2 Å². The Labute approximate surface area is 168 Å². The third kappa shape index (κ3) is 3.37. The average Bonchev–Trinajstić information content (AvgIpc) is 2.71. The molecule has 6 heteroatoms. The first-order valence-electron chi connectivity index (χ1n) is 9.63. The molecule has 0 radical (unpaired) electrons. The molecule has 0 bridgehead atoms. The van der Waals surface area contributed by atoms with Crippen molar-refractivity contribution in [3.05, 3.63) is 88.1 Å². The van der Waals surface area contributed by atoms with Crippen molar-refractivity contribution in [2.75, 3.05) is 11.4 Å². The molecule has 0 spiro atoms. The van der Waals surface area contributed by atoms with Gasteiger partial charge in [-0.1, -0.05) is 24.3 Å². The zero-order valence-electron chi connectivity index (χ0n) is 16.6. The maximum atomic E-state index is 15.1. The molecule has 150 valence electrons. The van der Waals surface area contributed by atoms with Crippen LogP contribution in [0, 0.1) is 19.7 Å². The molecule has 1 atom stereocenters. The van der Waals surface area contributed by atoms with Gasteiger partial charge in [-0.25, -0.2) is 14.4 Å². The average molecular weight is 397 g/mol. The Morgan fingerprint density at radius 3 is 2.41 bits per heavy atom. The first-order chi connectivity index (χ1) is 13.8. The van der Waals surface area contributed by atoms with E-state index in [-0.39, 0.29) is 11.6 Å². The Morgan fingerprint density at radius 1 is 1.00 bits per heavy atom. The molecule has 4 rings (SSSR count). The van der Waals surface area contributed by atoms with Crippen molar-refractivity contribution in [3.63, 3.8) is 0 Å². The lowest BCUT2D eigenvalue weighted by Crippen LogP contribution is -2.36. The van der Waals surface area contributed by atoms with Crippen LogP contribution < -0.4 is 4.90 Å². The van der Waals surface area contributed by atoms with Gasteiger partial charge in [-0.2, -0.15) is 8.78 Å². The van der Waals surface area contributed by atoms with Crippen LogP contribution in [0.2, 0.25) is 0 Å². The first kappa shape index (κ1) is 19.4. The molecule has 0 saturated carbocycles. The number of hydrogen-bond acceptors (Lipinski definition) is 3. The summed E-state index contributed by atoms with van der Waals surface area (Å²) in [5, 5.41) is 0. The molecule has 1 unspecified atom stereocenters. The predicted molar refractivity (Wildman–Crippen MR) is 107 cm³/mol. The predicted octanol–water partition coefficient (Wildman–Crippen LogP) is 5.50. The standard InChI is InChI=1S/C23H22F3N3/c1-14-15(2)27-22(23(25,26)18-8-10-19(24)11-9-18)28-21(14)29-13-12-17-6-4-5-7-20(17)16(29)3/h4-11,16H,12-13H2,1-3H3. The van der Waals surface area contributed by atoms with Gasteiger partial charge in [0.2, 0.25) is 5.82 Å². The van der Waals surface area contributed by atoms with E-state index >= 15 is 8.78 Å². The van der Waals surface area contributed by atoms with E-state index in [4.69, 9.17) is 0 Å². The Kier molecular flexibility index (Phi) is 4.81. The van der Waals surface area contributed by atoms with Gasteiger partial charge in [-0.15, -0.1) is 0 Å². The summed E-state index contributed by atoms with van der Waals surface area (Å²) >= 11 is 0. The molecule has 0 saturated heterocycles. The van der Waals surface area contributed by atoms with E-state index in [2.05, 4.69) is 33.9 Å². The summed E-state index contributed by atoms with van der Waals surface area (Å²) in [5.41, 5.74) is 3.43. The van der Waals surface area contributed by atoms with Gasteiger partial charge in [-0.3, -0.25) is 0 Å². The molecule has 1 aliphatic heterocycles. The Bertz CT molecular complexity index is 1050. The Hall–Kier alpha value is -2.89. The summed E-state index contributed by atoms with van der Waals surface area (Å²) in [6.07, 6.45) is 0.826. The van der Waals surface area contributed by atoms with Gasteiger partial charge in [0.1, 0.15) is 11.6 Å². The van der Waals surface area contributed by atoms with Crippen molar-refractivity contribution in [3.8, 4) is 0 Å². The van der Waals surface area contributed by atoms with E-state index in [1.54, 1.807) is 6.92 Å². The van der Waals surface area contributed by atoms with Crippen molar-refractivity contribution < 1.29 is 13.2 Å². The Morgan fingerprint density at radius 2 is 1.69 bits per heavy atom. The van der Waals surface area contributed by atoms with Gasteiger partial charge in [-0.05, 0) is 62.6 Å². The maximum Gasteiger partial charge on any atom is 0.331 e. The molecule has 0 amide bonds. The van der Waals surface area contributed by atoms with Crippen LogP contribution >= 0.6 is 0 Å². The van der Waals surface area contributed by atoms with Crippen LogP contribution in [0.5, 0.6) is 0 Å². The highest BCUT2D eigenvalue weighted by atomic mass is 19.3. The molecule has 2 aromatic carbocycles. The summed E-state index contributed by atoms with van der Waals surface area (Å²) in [6, 6.07) is 12.4. The quantitative estimate of drug-likeness (QED) is 0.585. The number of nitrogens with zero attached hydrogens (tertiary/aromatic N) is 3. The number of halogens is 3. The lowest BCUT2D eigenvalue weighted by molar-refractivity contribution is 0.0326. The second-order valence-corrected chi connectivity index (χ2v) is 7.48. The third-order valence-electron chi connectivity index (χ3n) is 5.72. The van der Waals surface area contributed by atoms with Crippen LogP contribution in [-0.4, -0.2) is 16.5 Å². The fourth-order valence-electron chi connectivity index (χ4n) is 3.88. The van der Waals surface area contributed by atoms with Crippen molar-refractivity contribution in [1.29, 1.82) is 0 Å². The number of alkyl halides is 2. The van der Waals surface area contributed by atoms with Crippen LogP contribution in [0.4, 0.5) is 19.0 Å². The largest absolute Gasteiger partial charge is 0.349 e. The van der Waals surface area contributed by atoms with E-state index < -0.39 is 17.6 Å². The number of rotatable bonds is 3. The van der Waals surface area contributed by atoms with Crippen LogP contribution in [0.3, 0.4) is 0 Å². The highest BCUT2D eigenvalue weighted by Crippen LogP contribution is 2.38. The second-order valence-electron chi connectivity index (χ2n) is 7.48. The van der Waals surface area contributed by atoms with Crippen molar-refractivity contribution in [2.45, 2.75) is 39.2 Å². The monoisotopic (exact) mass is 397 g/mol. The number of anilines is 1. The van der Waals surface area contributed by atoms with E-state index in [0.29, 0.717) is 18.1 Å². The highest BCUT2D eigenvalue weighted by molar-refractivity contribution is 5.53. The zero-order valence-corrected chi connectivity index (χ0v) is 16.6. The summed E-state index contributed by atoms with van der Waals surface area (Å²) in [5.74, 6) is -4.02. The summed E-state index contributed by atoms with van der Waals surface area (Å²) in [4.78, 5) is 10.5. The van der Waals surface area contributed by atoms with Crippen LogP contribution in [-0.2, 0) is 12.3 Å². The smallest absolute Gasteiger partial charge is 0.331 e. The molecular formula is C23H22F3N3. The fourth-order valence-corrected chi connectivity index (χ4v) is 3.88. The van der Waals surface area contributed by atoms with E-state index in [1.807, 2.05) is 19.1 Å². The molecule has 0 N–H and O–H groups in total. The van der Waals surface area contributed by atoms with Gasteiger partial charge < -0.3 is 4.90 Å². The van der Waals surface area contributed by atoms with Gasteiger partial charge in [0.25, 0.3) is 0 Å². The van der Waals surface area contributed by atoms with Gasteiger partial charge in [0.05, 0.1) is 6.04 Å². The van der Waals surface area contributed by atoms with E-state index in [1.165, 1.54) is 11.1 Å². The molecule has 1 aromatic heterocycles. The van der Waals surface area contributed by atoms with Crippen molar-refractivity contribution in [1.82, 2.24) is 9.97 Å². The molecule has 2 heterocycles. The highest BCUT2D eigenvalue weighted by Gasteiger charge is 2.39. The molecule has 1 aliphatic rings. The summed E-state index contributed by atoms with van der Waals surface area (Å²) < 4.78 is 43.5. The van der Waals surface area contributed by atoms with Crippen molar-refractivity contribution in [2.24, 2.45) is 0 Å². The van der Waals surface area contributed by atoms with Gasteiger partial charge in [0.15, 0.2) is 0 Å². The number of hydrogen-bond donors (Lipinski definition) is 0. The summed E-state index contributed by atoms with van der Waals surface area (Å²) in [6.45, 7) is 6.33. The Balaban J connectivity index is 1.78. The van der Waals surface area contributed by atoms with Crippen molar-refractivity contribution >= 4 is 5.82 Å². The topological polar surface area (TPSA) is 29.0 Å². The molecule has 3 nitrogen and oxygen atoms in total. The zero-order chi connectivity index (χ0) is 20.8. The lowest BCUT2D eigenvalue weighted by atomic mass is 9.93. The van der Waals surface area contributed by atoms with Gasteiger partial charge >= 0.3 is 5.92 Å². The van der Waals surface area contributed by atoms with Crippen LogP contribution in [0.15, 0.2) is 48.5 Å². The molecule has 0 fully saturated rings. The summed E-state index contributed by atoms with van der Waals surface area (Å²) in [7, 11) is 0. The number of benzene rings is 2. The SMILES string of the molecule is Cc1nc(C(F)(F)c2ccc(F)cc2)nc(N2CCc3ccccc3C2C)c1C. The maximum absolute atomic E-state index is 15.1. The van der Waals surface area contributed by atoms with E-state index in [9.17, 15) is 4.39 Å². The minimum atomic E-state index is -3.42. The van der Waals surface area contributed by atoms with Crippen LogP contribution in [0.1, 0.15) is 46.7 Å². The number of fused-ring (bicyclic) bond motifs is 1. The second kappa shape index (κ2) is 7.17. The van der Waals surface area contributed by atoms with Gasteiger partial charge in [0, 0.05) is 23.4 Å². The third-order valence-corrected chi connectivity index (χ3v) is 5.72. The first-order valence-corrected chi connectivity index (χ1v) is 9.63. The molecule has 29 heavy (non-hydrogen) atoms.